The van der Waals surface area contributed by atoms with E-state index in [-0.39, 0.29) is 0 Å². The summed E-state index contributed by atoms with van der Waals surface area (Å²) in [6.07, 6.45) is 3.67. The van der Waals surface area contributed by atoms with Gasteiger partial charge in [-0.25, -0.2) is 4.99 Å². The first-order valence-corrected chi connectivity index (χ1v) is 8.35. The summed E-state index contributed by atoms with van der Waals surface area (Å²) in [6, 6.07) is 22.5. The predicted octanol–water partition coefficient (Wildman–Crippen LogP) is 2.98. The van der Waals surface area contributed by atoms with Crippen LogP contribution in [0, 0.1) is 6.92 Å². The van der Waals surface area contributed by atoms with Crippen LogP contribution in [-0.4, -0.2) is 4.98 Å². The Hall–Kier alpha value is -3.20. The van der Waals surface area contributed by atoms with Gasteiger partial charge in [0.25, 0.3) is 0 Å². The van der Waals surface area contributed by atoms with Gasteiger partial charge in [0.1, 0.15) is 11.3 Å². The summed E-state index contributed by atoms with van der Waals surface area (Å²) in [5.74, 6) is 0.852. The van der Waals surface area contributed by atoms with Crippen LogP contribution in [0.2, 0.25) is 0 Å². The third kappa shape index (κ3) is 3.36. The summed E-state index contributed by atoms with van der Waals surface area (Å²) in [6.45, 7) is 2.81. The first kappa shape index (κ1) is 15.3. The number of aromatic nitrogens is 1. The number of nitrogens with one attached hydrogen (secondary N) is 1. The number of rotatable bonds is 3. The minimum Gasteiger partial charge on any atom is -0.456 e. The van der Waals surface area contributed by atoms with Gasteiger partial charge < -0.3 is 4.42 Å². The van der Waals surface area contributed by atoms with E-state index in [1.165, 1.54) is 5.56 Å². The van der Waals surface area contributed by atoms with Gasteiger partial charge in [-0.05, 0) is 31.2 Å². The number of benzene rings is 2. The van der Waals surface area contributed by atoms with Crippen molar-refractivity contribution in [3.8, 4) is 11.3 Å². The van der Waals surface area contributed by atoms with E-state index in [1.807, 2.05) is 36.5 Å². The van der Waals surface area contributed by atoms with Crippen molar-refractivity contribution in [3.05, 3.63) is 95.6 Å². The van der Waals surface area contributed by atoms with Gasteiger partial charge in [-0.2, -0.15) is 0 Å². The summed E-state index contributed by atoms with van der Waals surface area (Å²) < 4.78 is 6.14. The quantitative estimate of drug-likeness (QED) is 0.628. The van der Waals surface area contributed by atoms with Crippen LogP contribution in [0.25, 0.3) is 22.3 Å². The first-order valence-electron chi connectivity index (χ1n) is 8.35. The molecule has 122 valence electrons. The molecule has 3 nitrogen and oxygen atoms in total. The topological polar surface area (TPSA) is 40.0 Å². The molecule has 0 bridgehead atoms. The van der Waals surface area contributed by atoms with Gasteiger partial charge in [-0.15, -0.1) is 0 Å². The molecule has 2 aromatic carbocycles. The van der Waals surface area contributed by atoms with Gasteiger partial charge >= 0.3 is 0 Å². The number of hydrogen-bond donors (Lipinski definition) is 1. The number of aryl methyl sites for hydroxylation is 1. The molecule has 0 unspecified atom stereocenters. The molecule has 3 heteroatoms. The molecule has 0 atom stereocenters. The lowest BCUT2D eigenvalue weighted by Crippen LogP contribution is -2.75. The van der Waals surface area contributed by atoms with Crippen molar-refractivity contribution in [2.45, 2.75) is 13.5 Å². The van der Waals surface area contributed by atoms with Crippen molar-refractivity contribution in [2.24, 2.45) is 0 Å². The number of hydrogen-bond acceptors (Lipinski definition) is 2. The van der Waals surface area contributed by atoms with Gasteiger partial charge in [0, 0.05) is 23.5 Å². The van der Waals surface area contributed by atoms with Crippen LogP contribution in [0.15, 0.2) is 83.5 Å². The number of nitrogens with zero attached hydrogens (tertiary/aromatic N) is 1. The molecule has 0 amide bonds. The third-order valence-corrected chi connectivity index (χ3v) is 4.18. The van der Waals surface area contributed by atoms with Crippen molar-refractivity contribution in [1.29, 1.82) is 0 Å². The van der Waals surface area contributed by atoms with Crippen molar-refractivity contribution >= 4 is 11.0 Å². The molecular formula is C22H19N2O+. The zero-order valence-corrected chi connectivity index (χ0v) is 14.1. The summed E-state index contributed by atoms with van der Waals surface area (Å²) in [5, 5.41) is 2.15. The second-order valence-corrected chi connectivity index (χ2v) is 6.10. The lowest BCUT2D eigenvalue weighted by molar-refractivity contribution is -0.516. The maximum absolute atomic E-state index is 6.14. The lowest BCUT2D eigenvalue weighted by Gasteiger charge is -2.04. The monoisotopic (exact) mass is 327 g/mol. The van der Waals surface area contributed by atoms with Gasteiger partial charge in [0.05, 0.1) is 11.5 Å². The lowest BCUT2D eigenvalue weighted by atomic mass is 10.1. The second kappa shape index (κ2) is 6.73. The Balaban J connectivity index is 1.89. The molecule has 1 N–H and O–H groups in total. The summed E-state index contributed by atoms with van der Waals surface area (Å²) in [7, 11) is 0. The highest BCUT2D eigenvalue weighted by Crippen LogP contribution is 2.21. The van der Waals surface area contributed by atoms with E-state index < -0.39 is 0 Å². The molecule has 0 saturated heterocycles. The molecule has 4 rings (SSSR count). The SMILES string of the molecule is Cc1ccc2oc(-c3ccccc3)cc(=[NH+]Cc3cccnc3)c2c1. The van der Waals surface area contributed by atoms with Crippen LogP contribution < -0.4 is 10.3 Å². The van der Waals surface area contributed by atoms with Crippen molar-refractivity contribution in [1.82, 2.24) is 4.98 Å². The standard InChI is InChI=1S/C22H18N2O/c1-16-9-10-21-19(12-16)20(24-15-17-6-5-11-23-14-17)13-22(25-21)18-7-3-2-4-8-18/h2-14H,15H2,1H3/p+1. The van der Waals surface area contributed by atoms with Crippen LogP contribution in [0.3, 0.4) is 0 Å². The third-order valence-electron chi connectivity index (χ3n) is 4.18. The molecule has 0 aliphatic carbocycles. The maximum Gasteiger partial charge on any atom is 0.213 e. The van der Waals surface area contributed by atoms with Crippen molar-refractivity contribution in [2.75, 3.05) is 0 Å². The molecule has 2 aromatic heterocycles. The van der Waals surface area contributed by atoms with Crippen molar-refractivity contribution < 1.29 is 9.41 Å². The van der Waals surface area contributed by atoms with Crippen LogP contribution in [0.4, 0.5) is 0 Å². The number of fused-ring (bicyclic) bond motifs is 1. The van der Waals surface area contributed by atoms with E-state index in [2.05, 4.69) is 53.3 Å². The van der Waals surface area contributed by atoms with Crippen LogP contribution in [0.5, 0.6) is 0 Å². The van der Waals surface area contributed by atoms with Gasteiger partial charge in [-0.3, -0.25) is 4.98 Å². The van der Waals surface area contributed by atoms with Crippen molar-refractivity contribution in [3.63, 3.8) is 0 Å². The zero-order valence-electron chi connectivity index (χ0n) is 14.1. The van der Waals surface area contributed by atoms with Crippen LogP contribution >= 0.6 is 0 Å². The normalized spacial score (nSPS) is 11.8. The molecule has 0 spiro atoms. The van der Waals surface area contributed by atoms with E-state index in [4.69, 9.17) is 4.42 Å². The van der Waals surface area contributed by atoms with Crippen LogP contribution in [0.1, 0.15) is 11.1 Å². The van der Waals surface area contributed by atoms with Gasteiger partial charge in [-0.1, -0.05) is 42.0 Å². The molecule has 25 heavy (non-hydrogen) atoms. The highest BCUT2D eigenvalue weighted by molar-refractivity contribution is 5.78. The molecular weight excluding hydrogens is 308 g/mol. The smallest absolute Gasteiger partial charge is 0.213 e. The zero-order chi connectivity index (χ0) is 17.1. The summed E-state index contributed by atoms with van der Waals surface area (Å²) in [4.78, 5) is 7.72. The predicted molar refractivity (Wildman–Crippen MR) is 98.4 cm³/mol. The Morgan fingerprint density at radius 2 is 1.84 bits per heavy atom. The molecule has 4 aromatic rings. The molecule has 2 heterocycles. The van der Waals surface area contributed by atoms with E-state index >= 15 is 0 Å². The Labute approximate surface area is 146 Å². The summed E-state index contributed by atoms with van der Waals surface area (Å²) in [5.41, 5.74) is 4.29. The van der Waals surface area contributed by atoms with E-state index in [9.17, 15) is 0 Å². The highest BCUT2D eigenvalue weighted by Gasteiger charge is 2.09. The minimum absolute atomic E-state index is 0.717. The fourth-order valence-corrected chi connectivity index (χ4v) is 2.89. The Kier molecular flexibility index (Phi) is 4.13. The van der Waals surface area contributed by atoms with E-state index in [0.717, 1.165) is 39.8 Å². The second-order valence-electron chi connectivity index (χ2n) is 6.10. The fourth-order valence-electron chi connectivity index (χ4n) is 2.89. The molecule has 0 fully saturated rings. The minimum atomic E-state index is 0.717. The first-order chi connectivity index (χ1) is 12.3. The Morgan fingerprint density at radius 3 is 2.64 bits per heavy atom. The molecule has 0 radical (unpaired) electrons. The Bertz CT molecular complexity index is 1070. The van der Waals surface area contributed by atoms with E-state index in [0.29, 0.717) is 0 Å². The largest absolute Gasteiger partial charge is 0.456 e. The molecule has 0 saturated carbocycles. The summed E-state index contributed by atoms with van der Waals surface area (Å²) >= 11 is 0. The average Bonchev–Trinajstić information content (AvgIpc) is 2.67. The highest BCUT2D eigenvalue weighted by atomic mass is 16.3. The molecule has 0 aliphatic heterocycles. The maximum atomic E-state index is 6.14. The Morgan fingerprint density at radius 1 is 0.960 bits per heavy atom. The molecule has 0 aliphatic rings. The van der Waals surface area contributed by atoms with Crippen LogP contribution in [-0.2, 0) is 6.54 Å². The fraction of sp³-hybridized carbons (Fsp3) is 0.0909. The number of pyridine rings is 1. The average molecular weight is 327 g/mol. The van der Waals surface area contributed by atoms with Gasteiger partial charge in [0.15, 0.2) is 6.54 Å². The van der Waals surface area contributed by atoms with E-state index in [1.54, 1.807) is 6.20 Å². The van der Waals surface area contributed by atoms with Gasteiger partial charge in [0.2, 0.25) is 5.36 Å².